The topological polar surface area (TPSA) is 201 Å². The lowest BCUT2D eigenvalue weighted by Crippen LogP contribution is -2.63. The van der Waals surface area contributed by atoms with Gasteiger partial charge in [-0.1, -0.05) is 64.2 Å². The van der Waals surface area contributed by atoms with Gasteiger partial charge in [0, 0.05) is 43.9 Å². The first kappa shape index (κ1) is 51.6. The predicted molar refractivity (Wildman–Crippen MR) is 263 cm³/mol. The van der Waals surface area contributed by atoms with Crippen LogP contribution in [0.4, 0.5) is 0 Å². The molecule has 17 nitrogen and oxygen atoms in total. The van der Waals surface area contributed by atoms with Crippen molar-refractivity contribution >= 4 is 0 Å². The molecule has 9 saturated heterocycles. The van der Waals surface area contributed by atoms with Crippen LogP contribution in [0.2, 0.25) is 0 Å². The minimum atomic E-state index is -1.01. The average Bonchev–Trinajstić information content (AvgIpc) is 3.63. The fourth-order valence-electron chi connectivity index (χ4n) is 15.6. The van der Waals surface area contributed by atoms with E-state index in [1.54, 1.807) is 6.08 Å². The van der Waals surface area contributed by atoms with Crippen LogP contribution in [0.5, 0.6) is 0 Å². The molecule has 30 atom stereocenters. The fourth-order valence-corrected chi connectivity index (χ4v) is 15.6. The van der Waals surface area contributed by atoms with Gasteiger partial charge in [-0.15, -0.1) is 0 Å². The van der Waals surface area contributed by atoms with Crippen LogP contribution in [0.1, 0.15) is 112 Å². The average molecular weight is 1040 g/mol. The molecular formula is C57H82O17. The van der Waals surface area contributed by atoms with Gasteiger partial charge in [0.2, 0.25) is 0 Å². The highest BCUT2D eigenvalue weighted by molar-refractivity contribution is 5.15. The van der Waals surface area contributed by atoms with E-state index < -0.39 is 90.7 Å². The second-order valence-electron chi connectivity index (χ2n) is 24.8. The van der Waals surface area contributed by atoms with Gasteiger partial charge in [-0.25, -0.2) is 0 Å². The maximum atomic E-state index is 12.4. The molecule has 0 bridgehead atoms. The third-order valence-electron chi connectivity index (χ3n) is 20.1. The third kappa shape index (κ3) is 9.17. The molecule has 0 aromatic heterocycles. The SMILES string of the molecule is C[C@@H]1C[C@@H]2O[C@@H]3[C@@H](C)[C@H](O)[C@@H]4O[C@]5(CCCO5)[C@@H](C)[C@H](C)[C@H]4O[C@H]3C[C@H]2O[C@H]2C[C@H]3O[C@H]4C/C=C\C[C@H]5O[C@H]6C=C[C@H]7O[C@H]8[C@H](O)[C@H]9OCC(O)=CC[C@@H]9O[C@@H]8C[C@@H]7O[C@@H]6C/C=C\[C@@H]5O[C@@H]4C[C@@H](O)[C@]3(C)O[C@@H]2C1. The van der Waals surface area contributed by atoms with Crippen molar-refractivity contribution in [3.05, 3.63) is 48.3 Å². The number of hydrogen-bond donors (Lipinski definition) is 4. The Balaban J connectivity index is 0.692. The summed E-state index contributed by atoms with van der Waals surface area (Å²) in [6, 6.07) is 0. The highest BCUT2D eigenvalue weighted by Crippen LogP contribution is 2.52. The molecule has 9 fully saturated rings. The minimum Gasteiger partial charge on any atom is -0.510 e. The van der Waals surface area contributed by atoms with Gasteiger partial charge in [-0.05, 0) is 69.8 Å². The summed E-state index contributed by atoms with van der Waals surface area (Å²) in [6.07, 6.45) is 11.2. The van der Waals surface area contributed by atoms with Gasteiger partial charge in [0.15, 0.2) is 5.79 Å². The molecule has 13 aliphatic heterocycles. The third-order valence-corrected chi connectivity index (χ3v) is 20.1. The Hall–Kier alpha value is -1.88. The van der Waals surface area contributed by atoms with Crippen LogP contribution < -0.4 is 0 Å². The summed E-state index contributed by atoms with van der Waals surface area (Å²) in [6.45, 7) is 11.4. The minimum absolute atomic E-state index is 0.0278. The van der Waals surface area contributed by atoms with Gasteiger partial charge < -0.3 is 82.0 Å². The molecule has 0 aromatic carbocycles. The molecule has 0 saturated carbocycles. The summed E-state index contributed by atoms with van der Waals surface area (Å²) in [4.78, 5) is 0. The molecule has 0 aliphatic carbocycles. The van der Waals surface area contributed by atoms with Crippen LogP contribution >= 0.6 is 0 Å². The van der Waals surface area contributed by atoms with Crippen molar-refractivity contribution in [2.75, 3.05) is 13.2 Å². The fraction of sp³-hybridized carbons (Fsp3) is 0.860. The number of hydrogen-bond acceptors (Lipinski definition) is 17. The van der Waals surface area contributed by atoms with Gasteiger partial charge in [-0.2, -0.15) is 0 Å². The zero-order valence-corrected chi connectivity index (χ0v) is 43.7. The summed E-state index contributed by atoms with van der Waals surface area (Å²) < 4.78 is 88.7. The molecule has 0 aromatic rings. The molecule has 13 heterocycles. The van der Waals surface area contributed by atoms with Gasteiger partial charge in [0.05, 0.1) is 110 Å². The zero-order chi connectivity index (χ0) is 50.8. The van der Waals surface area contributed by atoms with Crippen LogP contribution in [-0.4, -0.2) is 192 Å². The largest absolute Gasteiger partial charge is 0.510 e. The first-order valence-electron chi connectivity index (χ1n) is 28.6. The van der Waals surface area contributed by atoms with Crippen LogP contribution in [0.25, 0.3) is 0 Å². The van der Waals surface area contributed by atoms with E-state index in [9.17, 15) is 20.4 Å². The standard InChI is InChI=1S/C57H82O17/c1-27-20-39-41(23-45-51(71-39)29(3)49(60)55-52(72-45)28(2)30(4)57(74-55)18-9-19-63-57)68-43-25-48-56(5,73-44(43)21-27)47(59)24-42-35(69-48)11-7-6-10-32-33(66-42)12-8-13-34-36(64-32)16-17-37-40(65-34)22-46-54(70-37)50(61)53-38(67-46)15-14-31(58)26-62-53/h6-8,12,14,16-17,27-30,32-55,58-61H,9-11,13,15,18-26H2,1-5H3/b7-6-,12-8-/t27-,28+,29+,30+,32-,33+,34-,35+,36+,37-,38+,39+,40+,41-,42-,43+,44-,45+,46-,47-,48-,49+,50-,51-,52-,53+,54-,55+,56+,57-/m1/s1. The van der Waals surface area contributed by atoms with Gasteiger partial charge in [0.1, 0.15) is 60.7 Å². The Kier molecular flexibility index (Phi) is 14.2. The Bertz CT molecular complexity index is 2130. The summed E-state index contributed by atoms with van der Waals surface area (Å²) in [5, 5.41) is 46.0. The second kappa shape index (κ2) is 20.3. The van der Waals surface area contributed by atoms with E-state index in [0.29, 0.717) is 58.0 Å². The lowest BCUT2D eigenvalue weighted by Gasteiger charge is -2.53. The van der Waals surface area contributed by atoms with Crippen molar-refractivity contribution < 1.29 is 82.0 Å². The van der Waals surface area contributed by atoms with Crippen molar-refractivity contribution in [2.45, 2.75) is 270 Å². The highest BCUT2D eigenvalue weighted by atomic mass is 16.7. The lowest BCUT2D eigenvalue weighted by molar-refractivity contribution is -0.339. The molecule has 0 amide bonds. The Morgan fingerprint density at radius 3 is 1.97 bits per heavy atom. The van der Waals surface area contributed by atoms with E-state index in [0.717, 1.165) is 25.7 Å². The van der Waals surface area contributed by atoms with Crippen molar-refractivity contribution in [2.24, 2.45) is 23.7 Å². The van der Waals surface area contributed by atoms with Crippen LogP contribution in [0.3, 0.4) is 0 Å². The molecule has 4 N–H and O–H groups in total. The molecular weight excluding hydrogens is 957 g/mol. The van der Waals surface area contributed by atoms with Crippen LogP contribution in [0.15, 0.2) is 48.3 Å². The maximum Gasteiger partial charge on any atom is 0.171 e. The van der Waals surface area contributed by atoms with Crippen LogP contribution in [0, 0.1) is 23.7 Å². The quantitative estimate of drug-likeness (QED) is 0.236. The van der Waals surface area contributed by atoms with Crippen molar-refractivity contribution in [1.29, 1.82) is 0 Å². The first-order chi connectivity index (χ1) is 35.7. The number of aliphatic hydroxyl groups is 4. The van der Waals surface area contributed by atoms with Gasteiger partial charge >= 0.3 is 0 Å². The first-order valence-corrected chi connectivity index (χ1v) is 28.6. The molecule has 0 unspecified atom stereocenters. The van der Waals surface area contributed by atoms with Crippen molar-refractivity contribution in [3.8, 4) is 0 Å². The Morgan fingerprint density at radius 1 is 0.500 bits per heavy atom. The summed E-state index contributed by atoms with van der Waals surface area (Å²) in [5.74, 6) is -0.346. The van der Waals surface area contributed by atoms with Gasteiger partial charge in [0.25, 0.3) is 0 Å². The molecule has 1 spiro atoms. The van der Waals surface area contributed by atoms with E-state index in [1.807, 2.05) is 19.1 Å². The molecule has 0 radical (unpaired) electrons. The summed E-state index contributed by atoms with van der Waals surface area (Å²) in [5.41, 5.74) is -1.01. The number of fused-ring (bicyclic) bond motifs is 11. The highest BCUT2D eigenvalue weighted by Gasteiger charge is 2.62. The normalized spacial score (nSPS) is 58.0. The summed E-state index contributed by atoms with van der Waals surface area (Å²) in [7, 11) is 0. The molecule has 13 rings (SSSR count). The number of aliphatic hydroxyl groups excluding tert-OH is 4. The molecule has 74 heavy (non-hydrogen) atoms. The predicted octanol–water partition coefficient (Wildman–Crippen LogP) is 4.99. The molecule has 13 aliphatic rings. The smallest absolute Gasteiger partial charge is 0.171 e. The van der Waals surface area contributed by atoms with E-state index in [1.165, 1.54) is 0 Å². The summed E-state index contributed by atoms with van der Waals surface area (Å²) >= 11 is 0. The van der Waals surface area contributed by atoms with Gasteiger partial charge in [-0.3, -0.25) is 0 Å². The zero-order valence-electron chi connectivity index (χ0n) is 43.7. The molecule has 17 heteroatoms. The monoisotopic (exact) mass is 1040 g/mol. The lowest BCUT2D eigenvalue weighted by atomic mass is 9.76. The number of ether oxygens (including phenoxy) is 13. The van der Waals surface area contributed by atoms with E-state index in [4.69, 9.17) is 61.6 Å². The van der Waals surface area contributed by atoms with E-state index in [2.05, 4.69) is 52.0 Å². The molecule has 412 valence electrons. The van der Waals surface area contributed by atoms with E-state index in [-0.39, 0.29) is 103 Å². The van der Waals surface area contributed by atoms with E-state index >= 15 is 0 Å². The van der Waals surface area contributed by atoms with Crippen LogP contribution in [-0.2, 0) is 61.6 Å². The van der Waals surface area contributed by atoms with Crippen molar-refractivity contribution in [3.63, 3.8) is 0 Å². The maximum absolute atomic E-state index is 12.4. The van der Waals surface area contributed by atoms with Crippen molar-refractivity contribution in [1.82, 2.24) is 0 Å². The second-order valence-corrected chi connectivity index (χ2v) is 24.8. The Morgan fingerprint density at radius 2 is 1.15 bits per heavy atom. The Labute approximate surface area is 435 Å². The number of rotatable bonds is 0.